The third-order valence-electron chi connectivity index (χ3n) is 3.52. The molecular weight excluding hydrogens is 226 g/mol. The predicted octanol–water partition coefficient (Wildman–Crippen LogP) is 2.81. The van der Waals surface area contributed by atoms with Crippen LogP contribution in [0.4, 0.5) is 5.69 Å². The Hall–Kier alpha value is -1.51. The van der Waals surface area contributed by atoms with Crippen molar-refractivity contribution < 1.29 is 9.53 Å². The predicted molar refractivity (Wildman–Crippen MR) is 73.4 cm³/mol. The van der Waals surface area contributed by atoms with Crippen LogP contribution in [0.5, 0.6) is 5.75 Å². The van der Waals surface area contributed by atoms with E-state index in [4.69, 9.17) is 4.74 Å². The molecule has 0 spiro atoms. The summed E-state index contributed by atoms with van der Waals surface area (Å²) < 4.78 is 5.43. The lowest BCUT2D eigenvalue weighted by molar-refractivity contribution is -0.117. The average molecular weight is 247 g/mol. The summed E-state index contributed by atoms with van der Waals surface area (Å²) in [4.78, 5) is 13.8. The lowest BCUT2D eigenvalue weighted by Gasteiger charge is -2.31. The molecule has 0 aromatic heterocycles. The Labute approximate surface area is 109 Å². The fourth-order valence-corrected chi connectivity index (χ4v) is 2.93. The number of hydrogen-bond acceptors (Lipinski definition) is 3. The Morgan fingerprint density at radius 3 is 2.78 bits per heavy atom. The third-order valence-corrected chi connectivity index (χ3v) is 3.52. The molecule has 3 nitrogen and oxygen atoms in total. The number of hydrogen-bond donors (Lipinski definition) is 0. The van der Waals surface area contributed by atoms with Gasteiger partial charge in [0.15, 0.2) is 0 Å². The number of ketones is 1. The molecule has 1 atom stereocenters. The normalized spacial score (nSPS) is 18.1. The molecule has 0 saturated heterocycles. The molecule has 98 valence electrons. The van der Waals surface area contributed by atoms with Gasteiger partial charge in [0.1, 0.15) is 11.5 Å². The average Bonchev–Trinajstić information content (AvgIpc) is 2.65. The first-order valence-electron chi connectivity index (χ1n) is 6.48. The largest absolute Gasteiger partial charge is 0.496 e. The molecule has 0 N–H and O–H groups in total. The van der Waals surface area contributed by atoms with Crippen molar-refractivity contribution in [3.05, 3.63) is 23.8 Å². The monoisotopic (exact) mass is 247 g/mol. The molecule has 0 saturated carbocycles. The molecule has 0 bridgehead atoms. The molecule has 18 heavy (non-hydrogen) atoms. The number of carbonyl (C=O) groups is 1. The second-order valence-electron chi connectivity index (χ2n) is 5.22. The third kappa shape index (κ3) is 2.22. The van der Waals surface area contributed by atoms with Gasteiger partial charge in [-0.25, -0.2) is 0 Å². The van der Waals surface area contributed by atoms with Gasteiger partial charge in [0, 0.05) is 29.8 Å². The SMILES string of the molecule is COc1cccc2c1CC(CC(C)=O)N2C(C)C. The first-order valence-corrected chi connectivity index (χ1v) is 6.48. The highest BCUT2D eigenvalue weighted by Gasteiger charge is 2.33. The highest BCUT2D eigenvalue weighted by molar-refractivity contribution is 5.78. The molecule has 0 amide bonds. The summed E-state index contributed by atoms with van der Waals surface area (Å²) in [6.07, 6.45) is 1.51. The van der Waals surface area contributed by atoms with Gasteiger partial charge >= 0.3 is 0 Å². The van der Waals surface area contributed by atoms with E-state index < -0.39 is 0 Å². The molecule has 1 aromatic rings. The molecule has 1 heterocycles. The summed E-state index contributed by atoms with van der Waals surface area (Å²) in [5.41, 5.74) is 2.45. The highest BCUT2D eigenvalue weighted by atomic mass is 16.5. The second-order valence-corrected chi connectivity index (χ2v) is 5.22. The molecule has 2 rings (SSSR count). The number of carbonyl (C=O) groups excluding carboxylic acids is 1. The van der Waals surface area contributed by atoms with E-state index in [1.54, 1.807) is 14.0 Å². The van der Waals surface area contributed by atoms with E-state index in [2.05, 4.69) is 24.8 Å². The van der Waals surface area contributed by atoms with Crippen molar-refractivity contribution in [1.82, 2.24) is 0 Å². The van der Waals surface area contributed by atoms with Gasteiger partial charge in [-0.2, -0.15) is 0 Å². The highest BCUT2D eigenvalue weighted by Crippen LogP contribution is 2.40. The maximum absolute atomic E-state index is 11.4. The van der Waals surface area contributed by atoms with Gasteiger partial charge in [0.2, 0.25) is 0 Å². The summed E-state index contributed by atoms with van der Waals surface area (Å²) in [6, 6.07) is 6.80. The van der Waals surface area contributed by atoms with Crippen LogP contribution in [0.2, 0.25) is 0 Å². The Balaban J connectivity index is 2.39. The van der Waals surface area contributed by atoms with E-state index in [1.165, 1.54) is 11.3 Å². The van der Waals surface area contributed by atoms with Crippen molar-refractivity contribution in [2.75, 3.05) is 12.0 Å². The maximum atomic E-state index is 11.4. The lowest BCUT2D eigenvalue weighted by Crippen LogP contribution is -2.38. The van der Waals surface area contributed by atoms with Gasteiger partial charge in [-0.15, -0.1) is 0 Å². The topological polar surface area (TPSA) is 29.5 Å². The minimum atomic E-state index is 0.248. The number of anilines is 1. The minimum Gasteiger partial charge on any atom is -0.496 e. The summed E-state index contributed by atoms with van der Waals surface area (Å²) in [5, 5.41) is 0. The Bertz CT molecular complexity index is 454. The second kappa shape index (κ2) is 5.01. The zero-order valence-electron chi connectivity index (χ0n) is 11.6. The Morgan fingerprint density at radius 2 is 2.22 bits per heavy atom. The van der Waals surface area contributed by atoms with Crippen molar-refractivity contribution >= 4 is 11.5 Å². The van der Waals surface area contributed by atoms with Gasteiger partial charge in [-0.05, 0) is 39.3 Å². The van der Waals surface area contributed by atoms with Gasteiger partial charge in [-0.1, -0.05) is 6.07 Å². The molecule has 0 fully saturated rings. The molecule has 1 aromatic carbocycles. The number of nitrogens with zero attached hydrogens (tertiary/aromatic N) is 1. The molecule has 1 aliphatic rings. The molecular formula is C15H21NO2. The number of ether oxygens (including phenoxy) is 1. The van der Waals surface area contributed by atoms with Crippen LogP contribution in [-0.2, 0) is 11.2 Å². The minimum absolute atomic E-state index is 0.248. The van der Waals surface area contributed by atoms with Gasteiger partial charge in [0.05, 0.1) is 7.11 Å². The molecule has 0 radical (unpaired) electrons. The summed E-state index contributed by atoms with van der Waals surface area (Å²) in [5.74, 6) is 1.18. The summed E-state index contributed by atoms with van der Waals surface area (Å²) >= 11 is 0. The van der Waals surface area contributed by atoms with E-state index in [9.17, 15) is 4.79 Å². The van der Waals surface area contributed by atoms with Crippen molar-refractivity contribution in [2.45, 2.75) is 45.7 Å². The Morgan fingerprint density at radius 1 is 1.50 bits per heavy atom. The summed E-state index contributed by atoms with van der Waals surface area (Å²) in [6.45, 7) is 6.00. The first-order chi connectivity index (χ1) is 8.54. The van der Waals surface area contributed by atoms with Gasteiger partial charge < -0.3 is 9.64 Å². The van der Waals surface area contributed by atoms with Gasteiger partial charge in [-0.3, -0.25) is 4.79 Å². The van der Waals surface area contributed by atoms with Crippen molar-refractivity contribution in [1.29, 1.82) is 0 Å². The van der Waals surface area contributed by atoms with E-state index >= 15 is 0 Å². The number of methoxy groups -OCH3 is 1. The number of benzene rings is 1. The smallest absolute Gasteiger partial charge is 0.131 e. The Kier molecular flexibility index (Phi) is 3.60. The van der Waals surface area contributed by atoms with Gasteiger partial charge in [0.25, 0.3) is 0 Å². The number of fused-ring (bicyclic) bond motifs is 1. The van der Waals surface area contributed by atoms with E-state index in [0.717, 1.165) is 12.2 Å². The fraction of sp³-hybridized carbons (Fsp3) is 0.533. The zero-order chi connectivity index (χ0) is 13.3. The van der Waals surface area contributed by atoms with E-state index in [1.807, 2.05) is 12.1 Å². The zero-order valence-corrected chi connectivity index (χ0v) is 11.6. The quantitative estimate of drug-likeness (QED) is 0.819. The van der Waals surface area contributed by atoms with Crippen LogP contribution in [0.15, 0.2) is 18.2 Å². The van der Waals surface area contributed by atoms with Crippen LogP contribution < -0.4 is 9.64 Å². The number of rotatable bonds is 4. The summed E-state index contributed by atoms with van der Waals surface area (Å²) in [7, 11) is 1.70. The molecule has 0 aliphatic carbocycles. The lowest BCUT2D eigenvalue weighted by atomic mass is 10.0. The van der Waals surface area contributed by atoms with Crippen LogP contribution in [0, 0.1) is 0 Å². The molecule has 1 unspecified atom stereocenters. The van der Waals surface area contributed by atoms with E-state index in [-0.39, 0.29) is 11.8 Å². The van der Waals surface area contributed by atoms with E-state index in [0.29, 0.717) is 12.5 Å². The molecule has 1 aliphatic heterocycles. The fourth-order valence-electron chi connectivity index (χ4n) is 2.93. The van der Waals surface area contributed by atoms with Crippen molar-refractivity contribution in [2.24, 2.45) is 0 Å². The van der Waals surface area contributed by atoms with Crippen LogP contribution >= 0.6 is 0 Å². The number of Topliss-reactive ketones (excluding diaryl/α,β-unsaturated/α-hetero) is 1. The van der Waals surface area contributed by atoms with Crippen molar-refractivity contribution in [3.63, 3.8) is 0 Å². The van der Waals surface area contributed by atoms with Crippen LogP contribution in [0.25, 0.3) is 0 Å². The van der Waals surface area contributed by atoms with Crippen molar-refractivity contribution in [3.8, 4) is 5.75 Å². The van der Waals surface area contributed by atoms with Crippen LogP contribution in [-0.4, -0.2) is 25.0 Å². The first kappa shape index (κ1) is 12.9. The van der Waals surface area contributed by atoms with Crippen LogP contribution in [0.3, 0.4) is 0 Å². The maximum Gasteiger partial charge on any atom is 0.131 e. The molecule has 3 heteroatoms. The van der Waals surface area contributed by atoms with Crippen LogP contribution in [0.1, 0.15) is 32.8 Å². The standard InChI is InChI=1S/C15H21NO2/c1-10(2)16-12(8-11(3)17)9-13-14(16)6-5-7-15(13)18-4/h5-7,10,12H,8-9H2,1-4H3.